The molecule has 0 aliphatic carbocycles. The molecule has 0 aliphatic rings. The third kappa shape index (κ3) is 5.35. The Kier molecular flexibility index (Phi) is 7.78. The molecular weight excluding hydrogens is 270 g/mol. The Labute approximate surface area is 126 Å². The summed E-state index contributed by atoms with van der Waals surface area (Å²) in [5.74, 6) is 1.39. The second kappa shape index (κ2) is 9.36. The van der Waals surface area contributed by atoms with Crippen molar-refractivity contribution < 1.29 is 9.47 Å². The number of nitrogens with two attached hydrogens (primary N) is 1. The van der Waals surface area contributed by atoms with Crippen LogP contribution < -0.4 is 16.0 Å². The first-order chi connectivity index (χ1) is 10.1. The van der Waals surface area contributed by atoms with Crippen molar-refractivity contribution >= 4 is 17.3 Å². The van der Waals surface area contributed by atoms with Crippen LogP contribution >= 0.6 is 0 Å². The van der Waals surface area contributed by atoms with E-state index in [9.17, 15) is 0 Å². The van der Waals surface area contributed by atoms with Crippen LogP contribution in [0.25, 0.3) is 0 Å². The molecule has 0 radical (unpaired) electrons. The van der Waals surface area contributed by atoms with Gasteiger partial charge in [-0.25, -0.2) is 9.97 Å². The fourth-order valence-electron chi connectivity index (χ4n) is 1.82. The second-order valence-corrected chi connectivity index (χ2v) is 4.89. The molecule has 7 heteroatoms. The highest BCUT2D eigenvalue weighted by atomic mass is 16.5. The molecule has 1 heterocycles. The summed E-state index contributed by atoms with van der Waals surface area (Å²) < 4.78 is 10.3. The second-order valence-electron chi connectivity index (χ2n) is 4.89. The van der Waals surface area contributed by atoms with Crippen LogP contribution in [0.4, 0.5) is 17.3 Å². The molecular formula is C14H27N5O2. The van der Waals surface area contributed by atoms with E-state index in [2.05, 4.69) is 29.1 Å². The number of nitrogen functional groups attached to an aromatic ring is 1. The van der Waals surface area contributed by atoms with Gasteiger partial charge in [-0.15, -0.1) is 0 Å². The number of methoxy groups -OCH3 is 2. The molecule has 0 aliphatic heterocycles. The first-order valence-electron chi connectivity index (χ1n) is 7.23. The van der Waals surface area contributed by atoms with E-state index in [0.29, 0.717) is 49.7 Å². The maximum Gasteiger partial charge on any atom is 0.157 e. The van der Waals surface area contributed by atoms with Crippen molar-refractivity contribution in [3.63, 3.8) is 0 Å². The smallest absolute Gasteiger partial charge is 0.157 e. The van der Waals surface area contributed by atoms with Gasteiger partial charge in [-0.2, -0.15) is 0 Å². The van der Waals surface area contributed by atoms with Crippen molar-refractivity contribution in [2.75, 3.05) is 56.5 Å². The zero-order valence-electron chi connectivity index (χ0n) is 13.4. The van der Waals surface area contributed by atoms with Crippen LogP contribution in [0.15, 0.2) is 6.33 Å². The van der Waals surface area contributed by atoms with Gasteiger partial charge in [-0.3, -0.25) is 0 Å². The molecule has 7 nitrogen and oxygen atoms in total. The quantitative estimate of drug-likeness (QED) is 0.674. The standard InChI is InChI=1S/C14H27N5O2/c1-5-11(2)18-13-12(15)14(17-10-16-13)19(6-8-20-3)7-9-21-4/h10-11H,5-9,15H2,1-4H3,(H,16,17,18). The van der Waals surface area contributed by atoms with Gasteiger partial charge < -0.3 is 25.4 Å². The number of nitrogens with zero attached hydrogens (tertiary/aromatic N) is 3. The van der Waals surface area contributed by atoms with Gasteiger partial charge in [0.2, 0.25) is 0 Å². The molecule has 0 amide bonds. The number of aromatic nitrogens is 2. The average molecular weight is 297 g/mol. The summed E-state index contributed by atoms with van der Waals surface area (Å²) in [5, 5.41) is 3.30. The van der Waals surface area contributed by atoms with Crippen molar-refractivity contribution in [2.24, 2.45) is 0 Å². The SMILES string of the molecule is CCC(C)Nc1ncnc(N(CCOC)CCOC)c1N. The molecule has 21 heavy (non-hydrogen) atoms. The summed E-state index contributed by atoms with van der Waals surface area (Å²) in [6, 6.07) is 0.307. The first-order valence-corrected chi connectivity index (χ1v) is 7.23. The maximum atomic E-state index is 6.22. The van der Waals surface area contributed by atoms with Crippen LogP contribution in [-0.4, -0.2) is 56.5 Å². The van der Waals surface area contributed by atoms with E-state index in [0.717, 1.165) is 6.42 Å². The molecule has 120 valence electrons. The van der Waals surface area contributed by atoms with Crippen LogP contribution in [0, 0.1) is 0 Å². The summed E-state index contributed by atoms with van der Waals surface area (Å²) in [5.41, 5.74) is 6.78. The van der Waals surface area contributed by atoms with Crippen LogP contribution in [0.3, 0.4) is 0 Å². The highest BCUT2D eigenvalue weighted by molar-refractivity contribution is 5.75. The summed E-state index contributed by atoms with van der Waals surface area (Å²) in [7, 11) is 3.35. The van der Waals surface area contributed by atoms with Gasteiger partial charge in [0.1, 0.15) is 12.0 Å². The van der Waals surface area contributed by atoms with Crippen molar-refractivity contribution in [3.05, 3.63) is 6.33 Å². The third-order valence-electron chi connectivity index (χ3n) is 3.29. The van der Waals surface area contributed by atoms with E-state index < -0.39 is 0 Å². The lowest BCUT2D eigenvalue weighted by molar-refractivity contribution is 0.190. The minimum atomic E-state index is 0.307. The lowest BCUT2D eigenvalue weighted by Crippen LogP contribution is -2.32. The minimum absolute atomic E-state index is 0.307. The van der Waals surface area contributed by atoms with E-state index >= 15 is 0 Å². The summed E-state index contributed by atoms with van der Waals surface area (Å²) in [6.45, 7) is 6.80. The van der Waals surface area contributed by atoms with Gasteiger partial charge in [-0.05, 0) is 13.3 Å². The monoisotopic (exact) mass is 297 g/mol. The van der Waals surface area contributed by atoms with Gasteiger partial charge in [-0.1, -0.05) is 6.92 Å². The highest BCUT2D eigenvalue weighted by Gasteiger charge is 2.15. The van der Waals surface area contributed by atoms with Gasteiger partial charge in [0.05, 0.1) is 13.2 Å². The molecule has 1 rings (SSSR count). The van der Waals surface area contributed by atoms with Gasteiger partial charge in [0.15, 0.2) is 11.6 Å². The Morgan fingerprint density at radius 1 is 1.24 bits per heavy atom. The number of nitrogens with one attached hydrogen (secondary N) is 1. The Morgan fingerprint density at radius 2 is 1.86 bits per heavy atom. The Balaban J connectivity index is 2.93. The molecule has 1 aromatic heterocycles. The topological polar surface area (TPSA) is 85.5 Å². The fraction of sp³-hybridized carbons (Fsp3) is 0.714. The lowest BCUT2D eigenvalue weighted by Gasteiger charge is -2.25. The molecule has 0 spiro atoms. The van der Waals surface area contributed by atoms with Gasteiger partial charge in [0, 0.05) is 33.4 Å². The summed E-state index contributed by atoms with van der Waals surface area (Å²) in [4.78, 5) is 10.6. The highest BCUT2D eigenvalue weighted by Crippen LogP contribution is 2.26. The van der Waals surface area contributed by atoms with Crippen LogP contribution in [0.5, 0.6) is 0 Å². The number of rotatable bonds is 10. The van der Waals surface area contributed by atoms with Crippen LogP contribution in [0.2, 0.25) is 0 Å². The lowest BCUT2D eigenvalue weighted by atomic mass is 10.2. The molecule has 0 saturated heterocycles. The number of hydrogen-bond acceptors (Lipinski definition) is 7. The van der Waals surface area contributed by atoms with Crippen molar-refractivity contribution in [2.45, 2.75) is 26.3 Å². The van der Waals surface area contributed by atoms with Crippen molar-refractivity contribution in [3.8, 4) is 0 Å². The van der Waals surface area contributed by atoms with Crippen LogP contribution in [-0.2, 0) is 9.47 Å². The van der Waals surface area contributed by atoms with E-state index in [1.165, 1.54) is 6.33 Å². The van der Waals surface area contributed by atoms with Crippen molar-refractivity contribution in [1.29, 1.82) is 0 Å². The van der Waals surface area contributed by atoms with E-state index in [1.54, 1.807) is 14.2 Å². The largest absolute Gasteiger partial charge is 0.393 e. The molecule has 1 atom stereocenters. The molecule has 1 aromatic rings. The average Bonchev–Trinajstić information content (AvgIpc) is 2.50. The molecule has 0 aromatic carbocycles. The summed E-state index contributed by atoms with van der Waals surface area (Å²) in [6.07, 6.45) is 2.53. The Hall–Kier alpha value is -1.60. The van der Waals surface area contributed by atoms with Crippen molar-refractivity contribution in [1.82, 2.24) is 9.97 Å². The Bertz CT molecular complexity index is 408. The summed E-state index contributed by atoms with van der Waals surface area (Å²) >= 11 is 0. The molecule has 0 bridgehead atoms. The molecule has 3 N–H and O–H groups in total. The first kappa shape index (κ1) is 17.5. The minimum Gasteiger partial charge on any atom is -0.393 e. The third-order valence-corrected chi connectivity index (χ3v) is 3.29. The molecule has 1 unspecified atom stereocenters. The Morgan fingerprint density at radius 3 is 2.38 bits per heavy atom. The normalized spacial score (nSPS) is 12.2. The van der Waals surface area contributed by atoms with E-state index in [4.69, 9.17) is 15.2 Å². The molecule has 0 saturated carbocycles. The maximum absolute atomic E-state index is 6.22. The van der Waals surface area contributed by atoms with E-state index in [-0.39, 0.29) is 0 Å². The number of anilines is 3. The van der Waals surface area contributed by atoms with Crippen LogP contribution in [0.1, 0.15) is 20.3 Å². The predicted octanol–water partition coefficient (Wildman–Crippen LogP) is 1.37. The number of hydrogen-bond donors (Lipinski definition) is 2. The van der Waals surface area contributed by atoms with Gasteiger partial charge >= 0.3 is 0 Å². The van der Waals surface area contributed by atoms with E-state index in [1.807, 2.05) is 4.90 Å². The van der Waals surface area contributed by atoms with Gasteiger partial charge in [0.25, 0.3) is 0 Å². The number of ether oxygens (including phenoxy) is 2. The molecule has 0 fully saturated rings. The fourth-order valence-corrected chi connectivity index (χ4v) is 1.82. The zero-order valence-corrected chi connectivity index (χ0v) is 13.4. The predicted molar refractivity (Wildman–Crippen MR) is 85.8 cm³/mol. The zero-order chi connectivity index (χ0) is 15.7.